The van der Waals surface area contributed by atoms with E-state index in [0.29, 0.717) is 34.5 Å². The number of carbonyl (C=O) groups is 1. The standard InChI is InChI=1S/C30H50O3/c1-19-20(31)8-9-21-27(19,4)11-10-22-28(21,5)15-17-30(7)23-18-26(3,24(32)33)13-12-25(23,2)14-16-29(22,30)6/h19-23,31H,8-18H2,1-7H3,(H,32,33)/t19-,20-,21+,22-,23+,25+,26+,27+,28-,29+,30-/m0/s1. The summed E-state index contributed by atoms with van der Waals surface area (Å²) in [5.74, 6) is 1.73. The highest BCUT2D eigenvalue weighted by atomic mass is 16.4. The van der Waals surface area contributed by atoms with Gasteiger partial charge in [0.05, 0.1) is 11.5 Å². The zero-order valence-electron chi connectivity index (χ0n) is 22.5. The van der Waals surface area contributed by atoms with E-state index >= 15 is 0 Å². The van der Waals surface area contributed by atoms with E-state index in [4.69, 9.17) is 0 Å². The Morgan fingerprint density at radius 3 is 1.97 bits per heavy atom. The minimum absolute atomic E-state index is 0.137. The number of fused-ring (bicyclic) bond motifs is 7. The van der Waals surface area contributed by atoms with Crippen LogP contribution in [0.2, 0.25) is 0 Å². The van der Waals surface area contributed by atoms with Crippen molar-refractivity contribution in [3.8, 4) is 0 Å². The maximum atomic E-state index is 12.3. The van der Waals surface area contributed by atoms with Crippen LogP contribution >= 0.6 is 0 Å². The number of aliphatic carboxylic acids is 1. The van der Waals surface area contributed by atoms with Gasteiger partial charge >= 0.3 is 5.97 Å². The minimum Gasteiger partial charge on any atom is -0.481 e. The van der Waals surface area contributed by atoms with Crippen LogP contribution in [0.25, 0.3) is 0 Å². The molecule has 188 valence electrons. The third-order valence-corrected chi connectivity index (χ3v) is 14.2. The highest BCUT2D eigenvalue weighted by Crippen LogP contribution is 2.78. The summed E-state index contributed by atoms with van der Waals surface area (Å²) in [5, 5.41) is 20.9. The molecule has 5 aliphatic rings. The predicted octanol–water partition coefficient (Wildman–Crippen LogP) is 7.31. The average molecular weight is 459 g/mol. The zero-order valence-corrected chi connectivity index (χ0v) is 22.5. The van der Waals surface area contributed by atoms with Crippen molar-refractivity contribution in [2.75, 3.05) is 0 Å². The molecule has 5 rings (SSSR count). The molecule has 0 spiro atoms. The van der Waals surface area contributed by atoms with Gasteiger partial charge in [0.2, 0.25) is 0 Å². The van der Waals surface area contributed by atoms with Crippen LogP contribution in [0.15, 0.2) is 0 Å². The summed E-state index contributed by atoms with van der Waals surface area (Å²) in [6.45, 7) is 17.2. The van der Waals surface area contributed by atoms with E-state index in [-0.39, 0.29) is 22.3 Å². The normalized spacial score (nSPS) is 60.7. The SMILES string of the molecule is C[C@H]1[C@@H](O)CC[C@@H]2[C@]1(C)CC[C@H]1[C@@]2(C)CC[C@@]2(C)[C@@H]3C[C@](C)(C(=O)O)CC[C@]3(C)CC[C@]12C. The van der Waals surface area contributed by atoms with Gasteiger partial charge in [-0.2, -0.15) is 0 Å². The Bertz CT molecular complexity index is 838. The van der Waals surface area contributed by atoms with Crippen LogP contribution in [0.1, 0.15) is 119 Å². The first-order valence-corrected chi connectivity index (χ1v) is 14.1. The molecule has 0 aromatic carbocycles. The molecule has 5 saturated carbocycles. The van der Waals surface area contributed by atoms with E-state index in [1.807, 2.05) is 6.92 Å². The fourth-order valence-corrected chi connectivity index (χ4v) is 11.4. The van der Waals surface area contributed by atoms with Gasteiger partial charge in [-0.05, 0) is 128 Å². The van der Waals surface area contributed by atoms with Gasteiger partial charge in [0.15, 0.2) is 0 Å². The lowest BCUT2D eigenvalue weighted by Gasteiger charge is -2.75. The first-order chi connectivity index (χ1) is 15.2. The lowest BCUT2D eigenvalue weighted by atomic mass is 9.30. The van der Waals surface area contributed by atoms with Crippen molar-refractivity contribution in [2.45, 2.75) is 125 Å². The molecular weight excluding hydrogens is 408 g/mol. The van der Waals surface area contributed by atoms with Crippen LogP contribution < -0.4 is 0 Å². The molecule has 0 heterocycles. The maximum Gasteiger partial charge on any atom is 0.309 e. The van der Waals surface area contributed by atoms with E-state index in [1.54, 1.807) is 0 Å². The van der Waals surface area contributed by atoms with Gasteiger partial charge in [0.25, 0.3) is 0 Å². The van der Waals surface area contributed by atoms with Gasteiger partial charge in [0, 0.05) is 0 Å². The van der Waals surface area contributed by atoms with E-state index in [9.17, 15) is 15.0 Å². The van der Waals surface area contributed by atoms with Crippen LogP contribution in [0.3, 0.4) is 0 Å². The predicted molar refractivity (Wildman–Crippen MR) is 133 cm³/mol. The Balaban J connectivity index is 1.54. The Labute approximate surface area is 202 Å². The van der Waals surface area contributed by atoms with Gasteiger partial charge < -0.3 is 10.2 Å². The van der Waals surface area contributed by atoms with Gasteiger partial charge in [-0.1, -0.05) is 41.5 Å². The molecule has 5 fully saturated rings. The largest absolute Gasteiger partial charge is 0.481 e. The van der Waals surface area contributed by atoms with Crippen LogP contribution in [0.4, 0.5) is 0 Å². The minimum atomic E-state index is -0.579. The molecule has 11 atom stereocenters. The van der Waals surface area contributed by atoms with Crippen molar-refractivity contribution < 1.29 is 15.0 Å². The lowest BCUT2D eigenvalue weighted by molar-refractivity contribution is -0.263. The van der Waals surface area contributed by atoms with Crippen molar-refractivity contribution >= 4 is 5.97 Å². The Hall–Kier alpha value is -0.570. The van der Waals surface area contributed by atoms with Crippen molar-refractivity contribution in [3.05, 3.63) is 0 Å². The monoisotopic (exact) mass is 458 g/mol. The number of aliphatic hydroxyl groups excluding tert-OH is 1. The summed E-state index contributed by atoms with van der Waals surface area (Å²) < 4.78 is 0. The number of hydrogen-bond acceptors (Lipinski definition) is 2. The lowest BCUT2D eigenvalue weighted by Crippen LogP contribution is -2.68. The highest BCUT2D eigenvalue weighted by molar-refractivity contribution is 5.74. The molecule has 5 aliphatic carbocycles. The van der Waals surface area contributed by atoms with Crippen molar-refractivity contribution in [2.24, 2.45) is 56.2 Å². The first kappa shape index (κ1) is 24.1. The molecule has 3 heteroatoms. The van der Waals surface area contributed by atoms with E-state index in [0.717, 1.165) is 25.7 Å². The smallest absolute Gasteiger partial charge is 0.309 e. The van der Waals surface area contributed by atoms with Crippen LogP contribution in [0.5, 0.6) is 0 Å². The molecule has 0 unspecified atom stereocenters. The molecule has 0 radical (unpaired) electrons. The van der Waals surface area contributed by atoms with E-state index in [1.165, 1.54) is 44.9 Å². The topological polar surface area (TPSA) is 57.5 Å². The molecular formula is C30H50O3. The third-order valence-electron chi connectivity index (χ3n) is 14.2. The Morgan fingerprint density at radius 1 is 0.697 bits per heavy atom. The van der Waals surface area contributed by atoms with E-state index in [2.05, 4.69) is 41.5 Å². The number of aliphatic hydroxyl groups is 1. The van der Waals surface area contributed by atoms with Crippen LogP contribution in [-0.2, 0) is 4.79 Å². The van der Waals surface area contributed by atoms with Gasteiger partial charge in [-0.15, -0.1) is 0 Å². The Kier molecular flexibility index (Phi) is 5.13. The summed E-state index contributed by atoms with van der Waals surface area (Å²) in [4.78, 5) is 12.3. The van der Waals surface area contributed by atoms with Crippen molar-refractivity contribution in [3.63, 3.8) is 0 Å². The number of hydrogen-bond donors (Lipinski definition) is 2. The molecule has 0 aromatic heterocycles. The molecule has 2 N–H and O–H groups in total. The molecule has 0 aromatic rings. The maximum absolute atomic E-state index is 12.3. The molecule has 33 heavy (non-hydrogen) atoms. The fourth-order valence-electron chi connectivity index (χ4n) is 11.4. The average Bonchev–Trinajstić information content (AvgIpc) is 2.74. The molecule has 3 nitrogen and oxygen atoms in total. The number of rotatable bonds is 1. The molecule has 0 saturated heterocycles. The van der Waals surface area contributed by atoms with Crippen molar-refractivity contribution in [1.29, 1.82) is 0 Å². The summed E-state index contributed by atoms with van der Waals surface area (Å²) >= 11 is 0. The van der Waals surface area contributed by atoms with Gasteiger partial charge in [-0.3, -0.25) is 4.79 Å². The summed E-state index contributed by atoms with van der Waals surface area (Å²) in [6, 6.07) is 0. The zero-order chi connectivity index (χ0) is 24.2. The van der Waals surface area contributed by atoms with Crippen LogP contribution in [0, 0.1) is 56.2 Å². The first-order valence-electron chi connectivity index (χ1n) is 14.1. The quantitative estimate of drug-likeness (QED) is 0.433. The highest BCUT2D eigenvalue weighted by Gasteiger charge is 2.71. The molecule has 0 aliphatic heterocycles. The van der Waals surface area contributed by atoms with E-state index < -0.39 is 11.4 Å². The Morgan fingerprint density at radius 2 is 1.30 bits per heavy atom. The van der Waals surface area contributed by atoms with Gasteiger partial charge in [0.1, 0.15) is 0 Å². The molecule has 0 amide bonds. The summed E-state index contributed by atoms with van der Waals surface area (Å²) in [6.07, 6.45) is 12.4. The molecule has 0 bridgehead atoms. The summed E-state index contributed by atoms with van der Waals surface area (Å²) in [7, 11) is 0. The van der Waals surface area contributed by atoms with Gasteiger partial charge in [-0.25, -0.2) is 0 Å². The van der Waals surface area contributed by atoms with Crippen LogP contribution in [-0.4, -0.2) is 22.3 Å². The second kappa shape index (κ2) is 7.01. The van der Waals surface area contributed by atoms with Crippen molar-refractivity contribution in [1.82, 2.24) is 0 Å². The third kappa shape index (κ3) is 2.87. The fraction of sp³-hybridized carbons (Fsp3) is 0.967. The second-order valence-corrected chi connectivity index (χ2v) is 15.2. The summed E-state index contributed by atoms with van der Waals surface area (Å²) in [5.41, 5.74) is 0.823. The number of carboxylic acid groups (broad SMARTS) is 1. The second-order valence-electron chi connectivity index (χ2n) is 15.2. The number of carboxylic acids is 1.